The monoisotopic (exact) mass is 220 g/mol. The predicted molar refractivity (Wildman–Crippen MR) is 47.5 cm³/mol. The molecule has 0 amide bonds. The number of carbonyl (C=O) groups is 1. The van der Waals surface area contributed by atoms with E-state index in [9.17, 15) is 13.6 Å². The van der Waals surface area contributed by atoms with Gasteiger partial charge in [-0.15, -0.1) is 0 Å². The second-order valence-electron chi connectivity index (χ2n) is 2.52. The second-order valence-corrected chi connectivity index (χ2v) is 2.90. The minimum absolute atomic E-state index is 0.0161. The first kappa shape index (κ1) is 11.0. The van der Waals surface area contributed by atoms with Crippen LogP contribution >= 0.6 is 11.6 Å². The zero-order chi connectivity index (χ0) is 10.7. The van der Waals surface area contributed by atoms with Gasteiger partial charge < -0.3 is 5.73 Å². The SMILES string of the molecule is NCc1cc(C=O)c(Cl)c(C(F)F)n1. The zero-order valence-corrected chi connectivity index (χ0v) is 7.76. The summed E-state index contributed by atoms with van der Waals surface area (Å²) in [6.07, 6.45) is -2.41. The average Bonchev–Trinajstić information content (AvgIpc) is 2.17. The van der Waals surface area contributed by atoms with E-state index in [0.29, 0.717) is 6.29 Å². The summed E-state index contributed by atoms with van der Waals surface area (Å²) in [7, 11) is 0. The van der Waals surface area contributed by atoms with Crippen molar-refractivity contribution in [3.05, 3.63) is 28.0 Å². The average molecular weight is 221 g/mol. The number of aromatic nitrogens is 1. The molecule has 0 aliphatic carbocycles. The van der Waals surface area contributed by atoms with Crippen molar-refractivity contribution in [1.29, 1.82) is 0 Å². The van der Waals surface area contributed by atoms with Crippen LogP contribution in [0, 0.1) is 0 Å². The first-order valence-corrected chi connectivity index (χ1v) is 4.10. The number of pyridine rings is 1. The predicted octanol–water partition coefficient (Wildman–Crippen LogP) is 1.94. The molecule has 0 spiro atoms. The molecule has 3 nitrogen and oxygen atoms in total. The lowest BCUT2D eigenvalue weighted by molar-refractivity contribution is 0.112. The summed E-state index contributed by atoms with van der Waals surface area (Å²) < 4.78 is 24.7. The summed E-state index contributed by atoms with van der Waals surface area (Å²) in [5.41, 5.74) is 4.82. The van der Waals surface area contributed by atoms with Crippen molar-refractivity contribution in [3.63, 3.8) is 0 Å². The van der Waals surface area contributed by atoms with Crippen molar-refractivity contribution in [2.45, 2.75) is 13.0 Å². The number of hydrogen-bond acceptors (Lipinski definition) is 3. The first-order chi connectivity index (χ1) is 6.60. The van der Waals surface area contributed by atoms with Crippen LogP contribution in [0.2, 0.25) is 5.02 Å². The number of carbonyl (C=O) groups excluding carboxylic acids is 1. The Hall–Kier alpha value is -1.07. The fourth-order valence-electron chi connectivity index (χ4n) is 0.962. The molecule has 0 saturated carbocycles. The number of rotatable bonds is 3. The molecule has 0 aliphatic rings. The molecule has 6 heteroatoms. The van der Waals surface area contributed by atoms with E-state index in [-0.39, 0.29) is 22.8 Å². The van der Waals surface area contributed by atoms with E-state index in [2.05, 4.69) is 4.98 Å². The van der Waals surface area contributed by atoms with Gasteiger partial charge in [-0.3, -0.25) is 4.79 Å². The number of halogens is 3. The Kier molecular flexibility index (Phi) is 3.49. The van der Waals surface area contributed by atoms with E-state index >= 15 is 0 Å². The topological polar surface area (TPSA) is 56.0 Å². The molecule has 0 saturated heterocycles. The number of hydrogen-bond donors (Lipinski definition) is 1. The minimum atomic E-state index is -2.81. The summed E-state index contributed by atoms with van der Waals surface area (Å²) in [6, 6.07) is 1.29. The van der Waals surface area contributed by atoms with Crippen LogP contribution in [0.5, 0.6) is 0 Å². The van der Waals surface area contributed by atoms with Crippen LogP contribution in [-0.2, 0) is 6.54 Å². The Bertz CT molecular complexity index is 357. The molecule has 1 heterocycles. The summed E-state index contributed by atoms with van der Waals surface area (Å²) in [6.45, 7) is -0.0161. The maximum absolute atomic E-state index is 12.4. The molecule has 0 fully saturated rings. The molecule has 0 radical (unpaired) electrons. The van der Waals surface area contributed by atoms with E-state index in [1.165, 1.54) is 6.07 Å². The summed E-state index contributed by atoms with van der Waals surface area (Å²) in [4.78, 5) is 14.0. The van der Waals surface area contributed by atoms with E-state index in [4.69, 9.17) is 17.3 Å². The van der Waals surface area contributed by atoms with Crippen LogP contribution in [0.1, 0.15) is 28.2 Å². The molecule has 1 aromatic rings. The van der Waals surface area contributed by atoms with Gasteiger partial charge in [-0.25, -0.2) is 13.8 Å². The van der Waals surface area contributed by atoms with E-state index in [0.717, 1.165) is 0 Å². The summed E-state index contributed by atoms with van der Waals surface area (Å²) in [5, 5.41) is -0.313. The molecule has 76 valence electrons. The third-order valence-electron chi connectivity index (χ3n) is 1.61. The third-order valence-corrected chi connectivity index (χ3v) is 2.02. The second kappa shape index (κ2) is 4.43. The van der Waals surface area contributed by atoms with Gasteiger partial charge >= 0.3 is 0 Å². The molecule has 0 aromatic carbocycles. The molecule has 2 N–H and O–H groups in total. The smallest absolute Gasteiger partial charge is 0.281 e. The van der Waals surface area contributed by atoms with Gasteiger partial charge in [0.15, 0.2) is 6.29 Å². The van der Waals surface area contributed by atoms with E-state index in [1.54, 1.807) is 0 Å². The number of alkyl halides is 2. The third kappa shape index (κ3) is 2.05. The lowest BCUT2D eigenvalue weighted by atomic mass is 10.2. The Morgan fingerprint density at radius 2 is 2.29 bits per heavy atom. The van der Waals surface area contributed by atoms with Gasteiger partial charge in [-0.2, -0.15) is 0 Å². The maximum Gasteiger partial charge on any atom is 0.281 e. The molecular weight excluding hydrogens is 214 g/mol. The fourth-order valence-corrected chi connectivity index (χ4v) is 1.19. The van der Waals surface area contributed by atoms with Crippen molar-refractivity contribution in [2.24, 2.45) is 5.73 Å². The van der Waals surface area contributed by atoms with Crippen LogP contribution in [0.15, 0.2) is 6.07 Å². The Morgan fingerprint density at radius 3 is 2.71 bits per heavy atom. The standard InChI is InChI=1S/C8H7ClF2N2O/c9-6-4(3-14)1-5(2-12)13-7(6)8(10)11/h1,3,8H,2,12H2. The van der Waals surface area contributed by atoms with Gasteiger partial charge in [0.2, 0.25) is 0 Å². The van der Waals surface area contributed by atoms with Crippen molar-refractivity contribution >= 4 is 17.9 Å². The Balaban J connectivity index is 3.34. The molecule has 14 heavy (non-hydrogen) atoms. The van der Waals surface area contributed by atoms with Crippen LogP contribution in [0.4, 0.5) is 8.78 Å². The fraction of sp³-hybridized carbons (Fsp3) is 0.250. The van der Waals surface area contributed by atoms with Crippen LogP contribution < -0.4 is 5.73 Å². The Morgan fingerprint density at radius 1 is 1.64 bits per heavy atom. The van der Waals surface area contributed by atoms with Gasteiger partial charge in [0, 0.05) is 12.1 Å². The molecular formula is C8H7ClF2N2O. The highest BCUT2D eigenvalue weighted by Crippen LogP contribution is 2.27. The Labute approximate surface area is 83.9 Å². The molecule has 1 aromatic heterocycles. The molecule has 0 aliphatic heterocycles. The molecule has 1 rings (SSSR count). The van der Waals surface area contributed by atoms with Gasteiger partial charge in [-0.05, 0) is 6.07 Å². The highest BCUT2D eigenvalue weighted by molar-refractivity contribution is 6.33. The number of nitrogens with two attached hydrogens (primary N) is 1. The van der Waals surface area contributed by atoms with Crippen molar-refractivity contribution in [3.8, 4) is 0 Å². The van der Waals surface area contributed by atoms with Crippen molar-refractivity contribution in [2.75, 3.05) is 0 Å². The summed E-state index contributed by atoms with van der Waals surface area (Å²) >= 11 is 5.52. The number of aldehydes is 1. The molecule has 0 bridgehead atoms. The van der Waals surface area contributed by atoms with Crippen LogP contribution in [0.3, 0.4) is 0 Å². The lowest BCUT2D eigenvalue weighted by Gasteiger charge is -2.06. The highest BCUT2D eigenvalue weighted by Gasteiger charge is 2.17. The van der Waals surface area contributed by atoms with E-state index in [1.807, 2.05) is 0 Å². The van der Waals surface area contributed by atoms with Crippen molar-refractivity contribution < 1.29 is 13.6 Å². The first-order valence-electron chi connectivity index (χ1n) is 3.72. The quantitative estimate of drug-likeness (QED) is 0.792. The van der Waals surface area contributed by atoms with Crippen molar-refractivity contribution in [1.82, 2.24) is 4.98 Å². The zero-order valence-electron chi connectivity index (χ0n) is 7.01. The number of nitrogens with zero attached hydrogens (tertiary/aromatic N) is 1. The largest absolute Gasteiger partial charge is 0.325 e. The van der Waals surface area contributed by atoms with Crippen LogP contribution in [0.25, 0.3) is 0 Å². The highest BCUT2D eigenvalue weighted by atomic mass is 35.5. The molecule has 0 atom stereocenters. The van der Waals surface area contributed by atoms with Crippen LogP contribution in [-0.4, -0.2) is 11.3 Å². The normalized spacial score (nSPS) is 10.6. The van der Waals surface area contributed by atoms with Gasteiger partial charge in [0.25, 0.3) is 6.43 Å². The lowest BCUT2D eigenvalue weighted by Crippen LogP contribution is -2.05. The van der Waals surface area contributed by atoms with Gasteiger partial charge in [-0.1, -0.05) is 11.6 Å². The molecule has 0 unspecified atom stereocenters. The van der Waals surface area contributed by atoms with E-state index < -0.39 is 12.1 Å². The maximum atomic E-state index is 12.4. The minimum Gasteiger partial charge on any atom is -0.325 e. The van der Waals surface area contributed by atoms with Gasteiger partial charge in [0.1, 0.15) is 5.69 Å². The summed E-state index contributed by atoms with van der Waals surface area (Å²) in [5.74, 6) is 0. The van der Waals surface area contributed by atoms with Gasteiger partial charge in [0.05, 0.1) is 10.7 Å².